The van der Waals surface area contributed by atoms with E-state index in [1.54, 1.807) is 7.11 Å². The summed E-state index contributed by atoms with van der Waals surface area (Å²) >= 11 is 0. The average Bonchev–Trinajstić information content (AvgIpc) is 3.26. The third-order valence-electron chi connectivity index (χ3n) is 5.52. The summed E-state index contributed by atoms with van der Waals surface area (Å²) in [6, 6.07) is 19.1. The SMILES string of the molecule is COc1ccc(-c2ccccc2CCc2ccncc2)cc1OC1CCCC1.Cl. The van der Waals surface area contributed by atoms with Gasteiger partial charge in [-0.15, -0.1) is 12.4 Å². The molecule has 0 radical (unpaired) electrons. The van der Waals surface area contributed by atoms with Gasteiger partial charge in [0.15, 0.2) is 11.5 Å². The van der Waals surface area contributed by atoms with Gasteiger partial charge >= 0.3 is 0 Å². The Kier molecular flexibility index (Phi) is 7.54. The number of benzene rings is 2. The Morgan fingerprint density at radius 2 is 1.66 bits per heavy atom. The average molecular weight is 410 g/mol. The summed E-state index contributed by atoms with van der Waals surface area (Å²) in [5.41, 5.74) is 5.09. The van der Waals surface area contributed by atoms with Gasteiger partial charge in [0, 0.05) is 12.4 Å². The molecule has 1 heterocycles. The number of pyridine rings is 1. The lowest BCUT2D eigenvalue weighted by molar-refractivity contribution is 0.201. The van der Waals surface area contributed by atoms with Crippen molar-refractivity contribution in [1.82, 2.24) is 4.98 Å². The van der Waals surface area contributed by atoms with E-state index in [2.05, 4.69) is 53.5 Å². The minimum Gasteiger partial charge on any atom is -0.493 e. The van der Waals surface area contributed by atoms with E-state index in [4.69, 9.17) is 9.47 Å². The molecule has 1 aliphatic carbocycles. The van der Waals surface area contributed by atoms with Crippen molar-refractivity contribution < 1.29 is 9.47 Å². The Bertz CT molecular complexity index is 908. The van der Waals surface area contributed by atoms with Crippen molar-refractivity contribution >= 4 is 12.4 Å². The number of methoxy groups -OCH3 is 1. The second kappa shape index (κ2) is 10.3. The Labute approximate surface area is 179 Å². The van der Waals surface area contributed by atoms with Gasteiger partial charge in [0.05, 0.1) is 13.2 Å². The van der Waals surface area contributed by atoms with Crippen LogP contribution in [-0.2, 0) is 12.8 Å². The summed E-state index contributed by atoms with van der Waals surface area (Å²) in [6.07, 6.45) is 10.8. The number of hydrogen-bond donors (Lipinski definition) is 0. The number of ether oxygens (including phenoxy) is 2. The maximum atomic E-state index is 6.30. The van der Waals surface area contributed by atoms with Crippen LogP contribution in [0.1, 0.15) is 36.8 Å². The first-order chi connectivity index (χ1) is 13.8. The van der Waals surface area contributed by atoms with E-state index in [9.17, 15) is 0 Å². The quantitative estimate of drug-likeness (QED) is 0.459. The summed E-state index contributed by atoms with van der Waals surface area (Å²) < 4.78 is 11.8. The van der Waals surface area contributed by atoms with Crippen LogP contribution in [0, 0.1) is 0 Å². The second-order valence-corrected chi connectivity index (χ2v) is 7.40. The predicted molar refractivity (Wildman–Crippen MR) is 120 cm³/mol. The molecule has 1 saturated carbocycles. The molecule has 0 atom stereocenters. The normalized spacial score (nSPS) is 13.7. The van der Waals surface area contributed by atoms with Crippen molar-refractivity contribution in [2.24, 2.45) is 0 Å². The van der Waals surface area contributed by atoms with Gasteiger partial charge in [0.2, 0.25) is 0 Å². The highest BCUT2D eigenvalue weighted by molar-refractivity contribution is 5.85. The molecular formula is C25H28ClNO2. The van der Waals surface area contributed by atoms with Crippen LogP contribution < -0.4 is 9.47 Å². The zero-order valence-corrected chi connectivity index (χ0v) is 17.7. The molecule has 4 rings (SSSR count). The fourth-order valence-corrected chi connectivity index (χ4v) is 3.97. The third kappa shape index (κ3) is 5.30. The minimum absolute atomic E-state index is 0. The lowest BCUT2D eigenvalue weighted by atomic mass is 9.95. The van der Waals surface area contributed by atoms with Crippen molar-refractivity contribution in [3.05, 3.63) is 78.1 Å². The first kappa shape index (κ1) is 21.2. The first-order valence-electron chi connectivity index (χ1n) is 10.2. The van der Waals surface area contributed by atoms with Gasteiger partial charge in [-0.25, -0.2) is 0 Å². The Morgan fingerprint density at radius 1 is 0.897 bits per heavy atom. The van der Waals surface area contributed by atoms with Crippen LogP contribution >= 0.6 is 12.4 Å². The van der Waals surface area contributed by atoms with Gasteiger partial charge < -0.3 is 9.47 Å². The number of rotatable bonds is 7. The van der Waals surface area contributed by atoms with Crippen LogP contribution in [-0.4, -0.2) is 18.2 Å². The molecule has 4 heteroatoms. The zero-order valence-electron chi connectivity index (χ0n) is 16.8. The van der Waals surface area contributed by atoms with Crippen molar-refractivity contribution in [3.63, 3.8) is 0 Å². The maximum absolute atomic E-state index is 6.30. The molecule has 0 amide bonds. The standard InChI is InChI=1S/C25H27NO2.ClH/c1-27-24-13-12-21(18-25(24)28-22-7-3-4-8-22)23-9-5-2-6-20(23)11-10-19-14-16-26-17-15-19;/h2,5-6,9,12-18,22H,3-4,7-8,10-11H2,1H3;1H. The van der Waals surface area contributed by atoms with Crippen LogP contribution in [0.4, 0.5) is 0 Å². The summed E-state index contributed by atoms with van der Waals surface area (Å²) in [4.78, 5) is 4.11. The van der Waals surface area contributed by atoms with Gasteiger partial charge in [0.25, 0.3) is 0 Å². The van der Waals surface area contributed by atoms with Gasteiger partial charge in [-0.05, 0) is 85.0 Å². The summed E-state index contributed by atoms with van der Waals surface area (Å²) in [5.74, 6) is 1.67. The van der Waals surface area contributed by atoms with Crippen molar-refractivity contribution in [1.29, 1.82) is 0 Å². The predicted octanol–water partition coefficient (Wildman–Crippen LogP) is 6.29. The highest BCUT2D eigenvalue weighted by Crippen LogP contribution is 2.36. The number of nitrogens with zero attached hydrogens (tertiary/aromatic N) is 1. The van der Waals surface area contributed by atoms with Crippen molar-refractivity contribution in [3.8, 4) is 22.6 Å². The van der Waals surface area contributed by atoms with Gasteiger partial charge in [0.1, 0.15) is 0 Å². The Hall–Kier alpha value is -2.52. The molecule has 0 saturated heterocycles. The molecule has 1 aromatic heterocycles. The smallest absolute Gasteiger partial charge is 0.162 e. The van der Waals surface area contributed by atoms with Gasteiger partial charge in [-0.2, -0.15) is 0 Å². The largest absolute Gasteiger partial charge is 0.493 e. The molecule has 0 bridgehead atoms. The fraction of sp³-hybridized carbons (Fsp3) is 0.320. The van der Waals surface area contributed by atoms with Crippen LogP contribution in [0.25, 0.3) is 11.1 Å². The number of aryl methyl sites for hydroxylation is 2. The first-order valence-corrected chi connectivity index (χ1v) is 10.2. The van der Waals surface area contributed by atoms with Crippen LogP contribution in [0.2, 0.25) is 0 Å². The molecule has 3 aromatic rings. The topological polar surface area (TPSA) is 31.4 Å². The molecule has 1 fully saturated rings. The summed E-state index contributed by atoms with van der Waals surface area (Å²) in [6.45, 7) is 0. The number of halogens is 1. The van der Waals surface area contributed by atoms with E-state index in [0.717, 1.165) is 37.2 Å². The minimum atomic E-state index is 0. The molecule has 29 heavy (non-hydrogen) atoms. The van der Waals surface area contributed by atoms with Gasteiger partial charge in [-0.1, -0.05) is 30.3 Å². The fourth-order valence-electron chi connectivity index (χ4n) is 3.97. The van der Waals surface area contributed by atoms with Crippen LogP contribution in [0.5, 0.6) is 11.5 Å². The number of aromatic nitrogens is 1. The van der Waals surface area contributed by atoms with Gasteiger partial charge in [-0.3, -0.25) is 4.98 Å². The molecule has 2 aromatic carbocycles. The molecule has 0 N–H and O–H groups in total. The molecule has 0 aliphatic heterocycles. The van der Waals surface area contributed by atoms with E-state index in [-0.39, 0.29) is 12.4 Å². The summed E-state index contributed by atoms with van der Waals surface area (Å²) in [5, 5.41) is 0. The van der Waals surface area contributed by atoms with Crippen LogP contribution in [0.3, 0.4) is 0 Å². The molecular weight excluding hydrogens is 382 g/mol. The maximum Gasteiger partial charge on any atom is 0.162 e. The lowest BCUT2D eigenvalue weighted by Gasteiger charge is -2.18. The zero-order chi connectivity index (χ0) is 19.2. The monoisotopic (exact) mass is 409 g/mol. The highest BCUT2D eigenvalue weighted by atomic mass is 35.5. The molecule has 1 aliphatic rings. The van der Waals surface area contributed by atoms with E-state index in [1.807, 2.05) is 18.5 Å². The summed E-state index contributed by atoms with van der Waals surface area (Å²) in [7, 11) is 1.71. The molecule has 0 unspecified atom stereocenters. The second-order valence-electron chi connectivity index (χ2n) is 7.40. The molecule has 152 valence electrons. The van der Waals surface area contributed by atoms with E-state index in [0.29, 0.717) is 6.10 Å². The lowest BCUT2D eigenvalue weighted by Crippen LogP contribution is -2.11. The highest BCUT2D eigenvalue weighted by Gasteiger charge is 2.19. The Morgan fingerprint density at radius 3 is 2.41 bits per heavy atom. The third-order valence-corrected chi connectivity index (χ3v) is 5.52. The molecule has 3 nitrogen and oxygen atoms in total. The van der Waals surface area contributed by atoms with Crippen molar-refractivity contribution in [2.75, 3.05) is 7.11 Å². The van der Waals surface area contributed by atoms with Crippen LogP contribution in [0.15, 0.2) is 67.0 Å². The Balaban J connectivity index is 0.00000240. The number of hydrogen-bond acceptors (Lipinski definition) is 3. The van der Waals surface area contributed by atoms with E-state index < -0.39 is 0 Å². The van der Waals surface area contributed by atoms with E-state index >= 15 is 0 Å². The van der Waals surface area contributed by atoms with Crippen molar-refractivity contribution in [2.45, 2.75) is 44.6 Å². The van der Waals surface area contributed by atoms with E-state index in [1.165, 1.54) is 35.1 Å². The molecule has 0 spiro atoms.